The summed E-state index contributed by atoms with van der Waals surface area (Å²) in [6.07, 6.45) is 15.0. The summed E-state index contributed by atoms with van der Waals surface area (Å²) in [5, 5.41) is 12.2. The van der Waals surface area contributed by atoms with Crippen molar-refractivity contribution in [3.8, 4) is 0 Å². The number of esters is 1. The highest BCUT2D eigenvalue weighted by Gasteiger charge is 2.68. The van der Waals surface area contributed by atoms with Crippen LogP contribution >= 0.6 is 0 Å². The molecule has 0 saturated heterocycles. The zero-order valence-corrected chi connectivity index (χ0v) is 28.3. The normalized spacial score (nSPS) is 39.8. The van der Waals surface area contributed by atoms with Crippen molar-refractivity contribution in [2.24, 2.45) is 63.1 Å². The molecule has 5 fully saturated rings. The van der Waals surface area contributed by atoms with Gasteiger partial charge in [0, 0.05) is 5.41 Å². The molecule has 0 aromatic carbocycles. The van der Waals surface area contributed by atoms with Gasteiger partial charge in [0.05, 0.1) is 11.3 Å². The number of carbonyl (C=O) groups excluding carboxylic acids is 2. The van der Waals surface area contributed by atoms with Crippen molar-refractivity contribution in [3.63, 3.8) is 0 Å². The largest absolute Gasteiger partial charge is 0.480 e. The first-order valence-electron chi connectivity index (χ1n) is 17.9. The Labute approximate surface area is 261 Å². The van der Waals surface area contributed by atoms with Crippen LogP contribution in [0.4, 0.5) is 0 Å². The van der Waals surface area contributed by atoms with Crippen LogP contribution in [0.3, 0.4) is 0 Å². The Morgan fingerprint density at radius 3 is 2.30 bits per heavy atom. The van der Waals surface area contributed by atoms with Gasteiger partial charge >= 0.3 is 11.9 Å². The molecule has 1 amide bonds. The van der Waals surface area contributed by atoms with Crippen LogP contribution in [0.2, 0.25) is 0 Å². The van der Waals surface area contributed by atoms with E-state index < -0.39 is 11.4 Å². The van der Waals surface area contributed by atoms with E-state index in [4.69, 9.17) is 4.74 Å². The molecular weight excluding hydrogens is 538 g/mol. The Morgan fingerprint density at radius 1 is 0.953 bits per heavy atom. The van der Waals surface area contributed by atoms with Gasteiger partial charge in [-0.2, -0.15) is 0 Å². The number of ether oxygens (including phenoxy) is 1. The van der Waals surface area contributed by atoms with Crippen LogP contribution in [-0.4, -0.2) is 35.6 Å². The third-order valence-corrected chi connectivity index (χ3v) is 14.6. The highest BCUT2D eigenvalue weighted by molar-refractivity contribution is 5.86. The second-order valence-corrected chi connectivity index (χ2v) is 17.1. The summed E-state index contributed by atoms with van der Waals surface area (Å²) >= 11 is 0. The summed E-state index contributed by atoms with van der Waals surface area (Å²) in [5.74, 6) is 2.24. The highest BCUT2D eigenvalue weighted by atomic mass is 16.5. The molecule has 6 heteroatoms. The molecule has 0 aliphatic heterocycles. The van der Waals surface area contributed by atoms with Crippen LogP contribution in [0.1, 0.15) is 138 Å². The number of aliphatic carboxylic acids is 1. The predicted octanol–water partition coefficient (Wildman–Crippen LogP) is 8.03. The van der Waals surface area contributed by atoms with Gasteiger partial charge in [0.25, 0.3) is 0 Å². The van der Waals surface area contributed by atoms with Crippen LogP contribution in [0.25, 0.3) is 0 Å². The van der Waals surface area contributed by atoms with Gasteiger partial charge in [-0.15, -0.1) is 0 Å². The Morgan fingerprint density at radius 2 is 1.67 bits per heavy atom. The first-order chi connectivity index (χ1) is 20.2. The van der Waals surface area contributed by atoms with Crippen molar-refractivity contribution in [2.75, 3.05) is 6.54 Å². The SMILES string of the molecule is CCCC[C@@H](OC(=O)C1CC1)C(C)(C)C1CC[C@]2(C)C(CCC3C4[C@H](C(C)C)CC[C@]4(C(=O)NCC(=O)O)CC[C@]32C)C1. The third kappa shape index (κ3) is 5.58. The number of nitrogens with one attached hydrogen (secondary N) is 1. The van der Waals surface area contributed by atoms with Gasteiger partial charge in [0.2, 0.25) is 5.91 Å². The quantitative estimate of drug-likeness (QED) is 0.235. The summed E-state index contributed by atoms with van der Waals surface area (Å²) in [5.41, 5.74) is -0.0739. The number of carboxylic acid groups (broad SMARTS) is 1. The average Bonchev–Trinajstić information content (AvgIpc) is 3.73. The average molecular weight is 600 g/mol. The predicted molar refractivity (Wildman–Crippen MR) is 169 cm³/mol. The molecule has 0 aromatic heterocycles. The molecule has 0 spiro atoms. The van der Waals surface area contributed by atoms with Gasteiger partial charge in [-0.1, -0.05) is 61.3 Å². The van der Waals surface area contributed by atoms with Crippen LogP contribution in [0.5, 0.6) is 0 Å². The third-order valence-electron chi connectivity index (χ3n) is 14.6. The highest BCUT2D eigenvalue weighted by Crippen LogP contribution is 2.74. The number of unbranched alkanes of at least 4 members (excludes halogenated alkanes) is 1. The molecule has 43 heavy (non-hydrogen) atoms. The molecule has 5 aliphatic rings. The number of carbonyl (C=O) groups is 3. The molecule has 244 valence electrons. The number of fused-ring (bicyclic) bond motifs is 5. The van der Waals surface area contributed by atoms with Crippen molar-refractivity contribution in [1.29, 1.82) is 0 Å². The molecule has 5 aliphatic carbocycles. The molecule has 0 radical (unpaired) electrons. The minimum atomic E-state index is -0.965. The maximum absolute atomic E-state index is 13.8. The molecule has 2 N–H and O–H groups in total. The van der Waals surface area contributed by atoms with Crippen LogP contribution in [0.15, 0.2) is 0 Å². The molecule has 0 bridgehead atoms. The summed E-state index contributed by atoms with van der Waals surface area (Å²) in [6.45, 7) is 16.5. The maximum atomic E-state index is 13.8. The fourth-order valence-corrected chi connectivity index (χ4v) is 11.3. The zero-order chi connectivity index (χ0) is 31.4. The van der Waals surface area contributed by atoms with Crippen molar-refractivity contribution in [3.05, 3.63) is 0 Å². The molecule has 0 aromatic rings. The second kappa shape index (κ2) is 12.0. The Balaban J connectivity index is 1.38. The fraction of sp³-hybridized carbons (Fsp3) is 0.919. The minimum absolute atomic E-state index is 0.00157. The van der Waals surface area contributed by atoms with E-state index in [0.29, 0.717) is 35.5 Å². The topological polar surface area (TPSA) is 92.7 Å². The smallest absolute Gasteiger partial charge is 0.322 e. The van der Waals surface area contributed by atoms with Crippen molar-refractivity contribution >= 4 is 17.8 Å². The van der Waals surface area contributed by atoms with E-state index >= 15 is 0 Å². The molecule has 4 unspecified atom stereocenters. The lowest BCUT2D eigenvalue weighted by Crippen LogP contribution is -2.63. The molecule has 9 atom stereocenters. The van der Waals surface area contributed by atoms with Gasteiger partial charge in [-0.05, 0) is 123 Å². The fourth-order valence-electron chi connectivity index (χ4n) is 11.3. The Kier molecular flexibility index (Phi) is 9.13. The Hall–Kier alpha value is -1.59. The van der Waals surface area contributed by atoms with Crippen LogP contribution < -0.4 is 5.32 Å². The van der Waals surface area contributed by atoms with E-state index in [9.17, 15) is 19.5 Å². The molecule has 5 rings (SSSR count). The molecule has 5 saturated carbocycles. The van der Waals surface area contributed by atoms with Gasteiger partial charge in [0.1, 0.15) is 12.6 Å². The molecule has 0 heterocycles. The number of amides is 1. The van der Waals surface area contributed by atoms with Gasteiger partial charge in [-0.25, -0.2) is 0 Å². The van der Waals surface area contributed by atoms with Gasteiger partial charge in [-0.3, -0.25) is 14.4 Å². The first-order valence-corrected chi connectivity index (χ1v) is 17.9. The number of rotatable bonds is 11. The lowest BCUT2D eigenvalue weighted by molar-refractivity contribution is -0.198. The van der Waals surface area contributed by atoms with E-state index in [2.05, 4.69) is 53.8 Å². The van der Waals surface area contributed by atoms with E-state index in [1.807, 2.05) is 0 Å². The van der Waals surface area contributed by atoms with Gasteiger partial charge < -0.3 is 15.2 Å². The van der Waals surface area contributed by atoms with E-state index in [-0.39, 0.29) is 46.7 Å². The zero-order valence-electron chi connectivity index (χ0n) is 28.3. The summed E-state index contributed by atoms with van der Waals surface area (Å²) < 4.78 is 6.30. The number of carboxylic acids is 1. The maximum Gasteiger partial charge on any atom is 0.322 e. The first kappa shape index (κ1) is 32.8. The standard InChI is InChI=1S/C37H61NO5/c1-8-9-10-29(43-32(41)24-11-12-24)34(4,5)25-15-17-35(6)26(21-25)13-14-28-31-27(23(2)3)16-18-37(31,20-19-36(28,35)7)33(42)38-22-30(39)40/h23-29,31H,8-22H2,1-7H3,(H,38,42)(H,39,40)/t25?,26?,27-,28?,29+,31?,35+,36+,37-/m0/s1. The number of hydrogen-bond acceptors (Lipinski definition) is 4. The van der Waals surface area contributed by atoms with Crippen molar-refractivity contribution in [2.45, 2.75) is 144 Å². The summed E-state index contributed by atoms with van der Waals surface area (Å²) in [7, 11) is 0. The second-order valence-electron chi connectivity index (χ2n) is 17.1. The minimum Gasteiger partial charge on any atom is -0.480 e. The van der Waals surface area contributed by atoms with Crippen molar-refractivity contribution < 1.29 is 24.2 Å². The van der Waals surface area contributed by atoms with Crippen LogP contribution in [-0.2, 0) is 19.1 Å². The molecule has 6 nitrogen and oxygen atoms in total. The van der Waals surface area contributed by atoms with Crippen molar-refractivity contribution in [1.82, 2.24) is 5.32 Å². The molecular formula is C37H61NO5. The van der Waals surface area contributed by atoms with Crippen LogP contribution in [0, 0.1) is 63.1 Å². The van der Waals surface area contributed by atoms with E-state index in [0.717, 1.165) is 57.8 Å². The lowest BCUT2D eigenvalue weighted by Gasteiger charge is -2.68. The van der Waals surface area contributed by atoms with E-state index in [1.165, 1.54) is 32.1 Å². The summed E-state index contributed by atoms with van der Waals surface area (Å²) in [6, 6.07) is 0. The van der Waals surface area contributed by atoms with E-state index in [1.54, 1.807) is 0 Å². The lowest BCUT2D eigenvalue weighted by atomic mass is 9.37. The number of hydrogen-bond donors (Lipinski definition) is 2. The Bertz CT molecular complexity index is 1070. The summed E-state index contributed by atoms with van der Waals surface area (Å²) in [4.78, 5) is 38.0. The van der Waals surface area contributed by atoms with Gasteiger partial charge in [0.15, 0.2) is 0 Å². The monoisotopic (exact) mass is 599 g/mol.